The molecular weight excluding hydrogens is 376 g/mol. The van der Waals surface area contributed by atoms with Gasteiger partial charge in [0, 0.05) is 30.6 Å². The number of likely N-dealkylation sites (tertiary alicyclic amines) is 1. The van der Waals surface area contributed by atoms with Gasteiger partial charge in [0.15, 0.2) is 0 Å². The molecule has 5 heteroatoms. The summed E-state index contributed by atoms with van der Waals surface area (Å²) in [6.45, 7) is 7.96. The Labute approximate surface area is 179 Å². The van der Waals surface area contributed by atoms with E-state index in [9.17, 15) is 9.59 Å². The Bertz CT molecular complexity index is 825. The van der Waals surface area contributed by atoms with Crippen molar-refractivity contribution >= 4 is 11.8 Å². The van der Waals surface area contributed by atoms with Crippen molar-refractivity contribution in [1.82, 2.24) is 10.2 Å². The summed E-state index contributed by atoms with van der Waals surface area (Å²) < 4.78 is 5.79. The van der Waals surface area contributed by atoms with Gasteiger partial charge in [-0.25, -0.2) is 0 Å². The number of piperidine rings is 1. The molecule has 1 aliphatic rings. The molecule has 1 atom stereocenters. The van der Waals surface area contributed by atoms with Crippen LogP contribution in [0.4, 0.5) is 0 Å². The van der Waals surface area contributed by atoms with E-state index >= 15 is 0 Å². The minimum atomic E-state index is -0.0102. The van der Waals surface area contributed by atoms with Crippen LogP contribution in [0.3, 0.4) is 0 Å². The molecule has 2 aromatic carbocycles. The van der Waals surface area contributed by atoms with Gasteiger partial charge < -0.3 is 15.0 Å². The third-order valence-corrected chi connectivity index (χ3v) is 5.87. The number of hydrogen-bond donors (Lipinski definition) is 1. The largest absolute Gasteiger partial charge is 0.489 e. The second kappa shape index (κ2) is 10.3. The van der Waals surface area contributed by atoms with Crippen molar-refractivity contribution in [3.05, 3.63) is 65.7 Å². The number of hydrogen-bond acceptors (Lipinski definition) is 3. The van der Waals surface area contributed by atoms with E-state index in [0.717, 1.165) is 11.3 Å². The Hall–Kier alpha value is -2.82. The molecule has 0 spiro atoms. The SMILES string of the molecule is CC(C)C(C)NC(=O)C1CCN(C(=O)c2ccc(OCc3ccccc3)cc2)CC1. The van der Waals surface area contributed by atoms with Gasteiger partial charge in [-0.15, -0.1) is 0 Å². The normalized spacial score (nSPS) is 15.7. The van der Waals surface area contributed by atoms with Crippen LogP contribution in [0.15, 0.2) is 54.6 Å². The first-order chi connectivity index (χ1) is 14.4. The van der Waals surface area contributed by atoms with Crippen molar-refractivity contribution in [3.8, 4) is 5.75 Å². The van der Waals surface area contributed by atoms with E-state index in [2.05, 4.69) is 19.2 Å². The summed E-state index contributed by atoms with van der Waals surface area (Å²) in [6, 6.07) is 17.4. The molecule has 0 aromatic heterocycles. The van der Waals surface area contributed by atoms with E-state index < -0.39 is 0 Å². The molecule has 2 amide bonds. The van der Waals surface area contributed by atoms with Gasteiger partial charge in [-0.3, -0.25) is 9.59 Å². The van der Waals surface area contributed by atoms with Crippen LogP contribution < -0.4 is 10.1 Å². The van der Waals surface area contributed by atoms with Crippen molar-refractivity contribution in [1.29, 1.82) is 0 Å². The molecule has 1 unspecified atom stereocenters. The number of amides is 2. The van der Waals surface area contributed by atoms with Crippen molar-refractivity contribution in [3.63, 3.8) is 0 Å². The van der Waals surface area contributed by atoms with E-state index in [1.165, 1.54) is 0 Å². The highest BCUT2D eigenvalue weighted by molar-refractivity contribution is 5.94. The highest BCUT2D eigenvalue weighted by Crippen LogP contribution is 2.21. The van der Waals surface area contributed by atoms with E-state index in [1.54, 1.807) is 0 Å². The van der Waals surface area contributed by atoms with Gasteiger partial charge in [0.25, 0.3) is 5.91 Å². The number of carbonyl (C=O) groups excluding carboxylic acids is 2. The first kappa shape index (κ1) is 21.9. The number of benzene rings is 2. The lowest BCUT2D eigenvalue weighted by atomic mass is 9.94. The third-order valence-electron chi connectivity index (χ3n) is 5.87. The predicted molar refractivity (Wildman–Crippen MR) is 118 cm³/mol. The number of rotatable bonds is 7. The highest BCUT2D eigenvalue weighted by Gasteiger charge is 2.28. The van der Waals surface area contributed by atoms with Gasteiger partial charge in [-0.2, -0.15) is 0 Å². The van der Waals surface area contributed by atoms with Gasteiger partial charge >= 0.3 is 0 Å². The second-order valence-corrected chi connectivity index (χ2v) is 8.41. The number of carbonyl (C=O) groups is 2. The maximum absolute atomic E-state index is 12.8. The Kier molecular flexibility index (Phi) is 7.50. The van der Waals surface area contributed by atoms with Crippen molar-refractivity contribution in [2.75, 3.05) is 13.1 Å². The summed E-state index contributed by atoms with van der Waals surface area (Å²) in [6.07, 6.45) is 1.42. The van der Waals surface area contributed by atoms with Crippen LogP contribution in [0.25, 0.3) is 0 Å². The van der Waals surface area contributed by atoms with Crippen LogP contribution in [0.5, 0.6) is 5.75 Å². The molecule has 0 aliphatic carbocycles. The molecule has 0 saturated carbocycles. The Morgan fingerprint density at radius 2 is 1.63 bits per heavy atom. The summed E-state index contributed by atoms with van der Waals surface area (Å²) >= 11 is 0. The Balaban J connectivity index is 1.48. The van der Waals surface area contributed by atoms with Crippen molar-refractivity contribution < 1.29 is 14.3 Å². The minimum Gasteiger partial charge on any atom is -0.489 e. The minimum absolute atomic E-state index is 0.0102. The summed E-state index contributed by atoms with van der Waals surface area (Å²) in [7, 11) is 0. The molecule has 1 aliphatic heterocycles. The van der Waals surface area contributed by atoms with Gasteiger partial charge in [-0.1, -0.05) is 44.2 Å². The summed E-state index contributed by atoms with van der Waals surface area (Å²) in [5.41, 5.74) is 1.76. The lowest BCUT2D eigenvalue weighted by Gasteiger charge is -2.32. The van der Waals surface area contributed by atoms with Crippen molar-refractivity contribution in [2.24, 2.45) is 11.8 Å². The first-order valence-electron chi connectivity index (χ1n) is 10.8. The van der Waals surface area contributed by atoms with E-state index in [-0.39, 0.29) is 23.8 Å². The smallest absolute Gasteiger partial charge is 0.253 e. The molecular formula is C25H32N2O3. The van der Waals surface area contributed by atoms with Crippen LogP contribution in [0, 0.1) is 11.8 Å². The predicted octanol–water partition coefficient (Wildman–Crippen LogP) is 4.28. The van der Waals surface area contributed by atoms with E-state index in [4.69, 9.17) is 4.74 Å². The lowest BCUT2D eigenvalue weighted by molar-refractivity contribution is -0.127. The topological polar surface area (TPSA) is 58.6 Å². The molecule has 1 fully saturated rings. The van der Waals surface area contributed by atoms with Crippen LogP contribution in [-0.2, 0) is 11.4 Å². The molecule has 30 heavy (non-hydrogen) atoms. The third kappa shape index (κ3) is 5.85. The monoisotopic (exact) mass is 408 g/mol. The van der Waals surface area contributed by atoms with Crippen LogP contribution >= 0.6 is 0 Å². The van der Waals surface area contributed by atoms with Gasteiger partial charge in [0.05, 0.1) is 0 Å². The van der Waals surface area contributed by atoms with Gasteiger partial charge in [0.1, 0.15) is 12.4 Å². The molecule has 5 nitrogen and oxygen atoms in total. The maximum atomic E-state index is 12.8. The Morgan fingerprint density at radius 3 is 2.23 bits per heavy atom. The molecule has 0 radical (unpaired) electrons. The average Bonchev–Trinajstić information content (AvgIpc) is 2.78. The summed E-state index contributed by atoms with van der Waals surface area (Å²) in [5.74, 6) is 1.27. The zero-order valence-corrected chi connectivity index (χ0v) is 18.1. The second-order valence-electron chi connectivity index (χ2n) is 8.41. The highest BCUT2D eigenvalue weighted by atomic mass is 16.5. The summed E-state index contributed by atoms with van der Waals surface area (Å²) in [5, 5.41) is 3.10. The van der Waals surface area contributed by atoms with Crippen molar-refractivity contribution in [2.45, 2.75) is 46.3 Å². The van der Waals surface area contributed by atoms with Crippen LogP contribution in [-0.4, -0.2) is 35.8 Å². The first-order valence-corrected chi connectivity index (χ1v) is 10.8. The zero-order valence-electron chi connectivity index (χ0n) is 18.1. The number of nitrogens with one attached hydrogen (secondary N) is 1. The van der Waals surface area contributed by atoms with E-state index in [0.29, 0.717) is 44.0 Å². The van der Waals surface area contributed by atoms with Crippen LogP contribution in [0.2, 0.25) is 0 Å². The average molecular weight is 409 g/mol. The molecule has 1 heterocycles. The molecule has 1 N–H and O–H groups in total. The molecule has 0 bridgehead atoms. The van der Waals surface area contributed by atoms with Crippen LogP contribution in [0.1, 0.15) is 49.5 Å². The molecule has 2 aromatic rings. The molecule has 160 valence electrons. The lowest BCUT2D eigenvalue weighted by Crippen LogP contribution is -2.45. The van der Waals surface area contributed by atoms with Gasteiger partial charge in [0.2, 0.25) is 5.91 Å². The number of nitrogens with zero attached hydrogens (tertiary/aromatic N) is 1. The quantitative estimate of drug-likeness (QED) is 0.744. The van der Waals surface area contributed by atoms with E-state index in [1.807, 2.05) is 66.4 Å². The fourth-order valence-corrected chi connectivity index (χ4v) is 3.47. The van der Waals surface area contributed by atoms with Gasteiger partial charge in [-0.05, 0) is 55.5 Å². The maximum Gasteiger partial charge on any atom is 0.253 e. The fourth-order valence-electron chi connectivity index (χ4n) is 3.47. The number of ether oxygens (including phenoxy) is 1. The molecule has 3 rings (SSSR count). The zero-order chi connectivity index (χ0) is 21.5. The fraction of sp³-hybridized carbons (Fsp3) is 0.440. The Morgan fingerprint density at radius 1 is 1.00 bits per heavy atom. The summed E-state index contributed by atoms with van der Waals surface area (Å²) in [4.78, 5) is 27.1. The standard InChI is InChI=1S/C25H32N2O3/c1-18(2)19(3)26-24(28)21-13-15-27(16-14-21)25(29)22-9-11-23(12-10-22)30-17-20-7-5-4-6-8-20/h4-12,18-19,21H,13-17H2,1-3H3,(H,26,28). The molecule has 1 saturated heterocycles.